The van der Waals surface area contributed by atoms with E-state index in [1.807, 2.05) is 54.2 Å². The van der Waals surface area contributed by atoms with Crippen LogP contribution in [0.4, 0.5) is 11.6 Å². The number of hydrogen-bond donors (Lipinski definition) is 2. The zero-order valence-electron chi connectivity index (χ0n) is 14.3. The summed E-state index contributed by atoms with van der Waals surface area (Å²) in [7, 11) is 0. The molecule has 2 N–H and O–H groups in total. The van der Waals surface area contributed by atoms with Gasteiger partial charge in [0.15, 0.2) is 0 Å². The molecule has 0 amide bonds. The van der Waals surface area contributed by atoms with Crippen LogP contribution >= 0.6 is 11.8 Å². The van der Waals surface area contributed by atoms with Crippen molar-refractivity contribution in [2.75, 3.05) is 5.32 Å². The summed E-state index contributed by atoms with van der Waals surface area (Å²) in [6, 6.07) is 19.4. The molecule has 1 heterocycles. The van der Waals surface area contributed by atoms with Gasteiger partial charge in [0.2, 0.25) is 5.95 Å². The fourth-order valence-corrected chi connectivity index (χ4v) is 3.08. The van der Waals surface area contributed by atoms with E-state index < -0.39 is 0 Å². The quantitative estimate of drug-likeness (QED) is 0.668. The van der Waals surface area contributed by atoms with Crippen molar-refractivity contribution in [3.05, 3.63) is 76.6 Å². The number of anilines is 2. The molecule has 128 valence electrons. The number of nitrogens with one attached hydrogen (secondary N) is 2. The summed E-state index contributed by atoms with van der Waals surface area (Å²) in [5.74, 6) is 1.44. The third-order valence-electron chi connectivity index (χ3n) is 3.61. The van der Waals surface area contributed by atoms with Crippen LogP contribution in [0, 0.1) is 0 Å². The first-order valence-electron chi connectivity index (χ1n) is 8.24. The van der Waals surface area contributed by atoms with E-state index in [0.29, 0.717) is 16.9 Å². The Kier molecular flexibility index (Phi) is 5.56. The van der Waals surface area contributed by atoms with Crippen LogP contribution in [0.15, 0.2) is 65.5 Å². The lowest BCUT2D eigenvalue weighted by molar-refractivity contribution is 1.11. The predicted molar refractivity (Wildman–Crippen MR) is 106 cm³/mol. The molecule has 0 aliphatic carbocycles. The maximum Gasteiger partial charge on any atom is 0.252 e. The van der Waals surface area contributed by atoms with Crippen LogP contribution in [0.2, 0.25) is 0 Å². The molecule has 0 fully saturated rings. The molecule has 1 aromatic heterocycles. The molecule has 0 aliphatic rings. The highest BCUT2D eigenvalue weighted by molar-refractivity contribution is 7.99. The van der Waals surface area contributed by atoms with Gasteiger partial charge < -0.3 is 5.32 Å². The maximum absolute atomic E-state index is 11.9. The summed E-state index contributed by atoms with van der Waals surface area (Å²) in [5, 5.41) is 3.79. The second-order valence-corrected chi connectivity index (χ2v) is 7.59. The Morgan fingerprint density at radius 3 is 2.48 bits per heavy atom. The van der Waals surface area contributed by atoms with Crippen molar-refractivity contribution in [1.29, 1.82) is 0 Å². The van der Waals surface area contributed by atoms with Crippen LogP contribution in [-0.4, -0.2) is 15.2 Å². The van der Waals surface area contributed by atoms with Crippen molar-refractivity contribution in [3.63, 3.8) is 0 Å². The highest BCUT2D eigenvalue weighted by Gasteiger charge is 2.04. The number of aromatic nitrogens is 2. The van der Waals surface area contributed by atoms with Crippen molar-refractivity contribution >= 4 is 23.4 Å². The number of H-pyrrole nitrogens is 1. The van der Waals surface area contributed by atoms with Gasteiger partial charge in [-0.15, -0.1) is 0 Å². The van der Waals surface area contributed by atoms with Gasteiger partial charge in [-0.2, -0.15) is 11.8 Å². The minimum Gasteiger partial charge on any atom is -0.326 e. The summed E-state index contributed by atoms with van der Waals surface area (Å²) in [6.45, 7) is 4.39. The lowest BCUT2D eigenvalue weighted by atomic mass is 10.1. The fraction of sp³-hybridized carbons (Fsp3) is 0.200. The molecule has 0 bridgehead atoms. The van der Waals surface area contributed by atoms with Gasteiger partial charge in [-0.05, 0) is 22.9 Å². The van der Waals surface area contributed by atoms with Crippen molar-refractivity contribution in [3.8, 4) is 11.3 Å². The van der Waals surface area contributed by atoms with E-state index in [2.05, 4.69) is 41.3 Å². The van der Waals surface area contributed by atoms with E-state index >= 15 is 0 Å². The number of benzene rings is 2. The highest BCUT2D eigenvalue weighted by atomic mass is 32.2. The molecule has 0 saturated carbocycles. The van der Waals surface area contributed by atoms with Crippen molar-refractivity contribution in [2.45, 2.75) is 24.9 Å². The van der Waals surface area contributed by atoms with Gasteiger partial charge in [0.1, 0.15) is 0 Å². The van der Waals surface area contributed by atoms with Crippen LogP contribution in [0.3, 0.4) is 0 Å². The van der Waals surface area contributed by atoms with Crippen molar-refractivity contribution in [1.82, 2.24) is 9.97 Å². The van der Waals surface area contributed by atoms with Gasteiger partial charge in [0.05, 0.1) is 5.69 Å². The summed E-state index contributed by atoms with van der Waals surface area (Å²) in [6.07, 6.45) is 0. The van der Waals surface area contributed by atoms with Gasteiger partial charge in [-0.25, -0.2) is 4.98 Å². The molecule has 3 aromatic rings. The molecule has 2 aromatic carbocycles. The van der Waals surface area contributed by atoms with E-state index in [1.165, 1.54) is 11.6 Å². The molecule has 25 heavy (non-hydrogen) atoms. The molecule has 0 atom stereocenters. The number of hydrogen-bond acceptors (Lipinski definition) is 4. The smallest absolute Gasteiger partial charge is 0.252 e. The predicted octanol–water partition coefficient (Wildman–Crippen LogP) is 4.82. The van der Waals surface area contributed by atoms with Gasteiger partial charge in [0, 0.05) is 23.1 Å². The molecule has 4 nitrogen and oxygen atoms in total. The Bertz CT molecular complexity index is 873. The van der Waals surface area contributed by atoms with E-state index in [0.717, 1.165) is 17.0 Å². The van der Waals surface area contributed by atoms with Crippen LogP contribution in [0.25, 0.3) is 11.3 Å². The van der Waals surface area contributed by atoms with Crippen LogP contribution in [-0.2, 0) is 5.75 Å². The van der Waals surface area contributed by atoms with Crippen molar-refractivity contribution in [2.24, 2.45) is 0 Å². The maximum atomic E-state index is 11.9. The summed E-state index contributed by atoms with van der Waals surface area (Å²) >= 11 is 1.92. The Hall–Kier alpha value is -2.53. The molecule has 0 radical (unpaired) electrons. The molecule has 0 unspecified atom stereocenters. The molecule has 3 rings (SSSR count). The van der Waals surface area contributed by atoms with E-state index in [-0.39, 0.29) is 5.56 Å². The third kappa shape index (κ3) is 4.97. The molecule has 5 heteroatoms. The fourth-order valence-electron chi connectivity index (χ4n) is 2.36. The topological polar surface area (TPSA) is 57.8 Å². The SMILES string of the molecule is CC(C)SCc1ccc(Nc2nc(-c3ccccc3)cc(=O)[nH]2)cc1. The average molecular weight is 351 g/mol. The summed E-state index contributed by atoms with van der Waals surface area (Å²) in [4.78, 5) is 19.2. The zero-order chi connectivity index (χ0) is 17.6. The van der Waals surface area contributed by atoms with Gasteiger partial charge in [-0.3, -0.25) is 9.78 Å². The van der Waals surface area contributed by atoms with E-state index in [4.69, 9.17) is 0 Å². The Labute approximate surface area is 151 Å². The van der Waals surface area contributed by atoms with E-state index in [1.54, 1.807) is 0 Å². The molecule has 0 spiro atoms. The normalized spacial score (nSPS) is 10.8. The average Bonchev–Trinajstić information content (AvgIpc) is 2.61. The number of rotatable bonds is 6. The van der Waals surface area contributed by atoms with E-state index in [9.17, 15) is 4.79 Å². The number of thioether (sulfide) groups is 1. The summed E-state index contributed by atoms with van der Waals surface area (Å²) < 4.78 is 0. The Morgan fingerprint density at radius 2 is 1.80 bits per heavy atom. The summed E-state index contributed by atoms with van der Waals surface area (Å²) in [5.41, 5.74) is 3.56. The standard InChI is InChI=1S/C20H21N3OS/c1-14(2)25-13-15-8-10-17(11-9-15)21-20-22-18(12-19(24)23-20)16-6-4-3-5-7-16/h3-12,14H,13H2,1-2H3,(H2,21,22,23,24). The van der Waals surface area contributed by atoms with Gasteiger partial charge >= 0.3 is 0 Å². The first-order chi connectivity index (χ1) is 12.1. The van der Waals surface area contributed by atoms with Crippen molar-refractivity contribution < 1.29 is 0 Å². The second kappa shape index (κ2) is 8.03. The van der Waals surface area contributed by atoms with Gasteiger partial charge in [-0.1, -0.05) is 56.3 Å². The second-order valence-electron chi connectivity index (χ2n) is 6.03. The molecular weight excluding hydrogens is 330 g/mol. The number of nitrogens with zero attached hydrogens (tertiary/aromatic N) is 1. The third-order valence-corrected chi connectivity index (χ3v) is 4.78. The lowest BCUT2D eigenvalue weighted by Gasteiger charge is -2.09. The number of aromatic amines is 1. The highest BCUT2D eigenvalue weighted by Crippen LogP contribution is 2.21. The van der Waals surface area contributed by atoms with Crippen LogP contribution < -0.4 is 10.9 Å². The minimum absolute atomic E-state index is 0.179. The first kappa shape index (κ1) is 17.3. The molecular formula is C20H21N3OS. The Balaban J connectivity index is 1.77. The zero-order valence-corrected chi connectivity index (χ0v) is 15.1. The van der Waals surface area contributed by atoms with Crippen LogP contribution in [0.5, 0.6) is 0 Å². The largest absolute Gasteiger partial charge is 0.326 e. The molecule has 0 aliphatic heterocycles. The van der Waals surface area contributed by atoms with Crippen LogP contribution in [0.1, 0.15) is 19.4 Å². The molecule has 0 saturated heterocycles. The first-order valence-corrected chi connectivity index (χ1v) is 9.29. The monoisotopic (exact) mass is 351 g/mol. The lowest BCUT2D eigenvalue weighted by Crippen LogP contribution is -2.10. The Morgan fingerprint density at radius 1 is 1.08 bits per heavy atom. The minimum atomic E-state index is -0.179. The van der Waals surface area contributed by atoms with Gasteiger partial charge in [0.25, 0.3) is 5.56 Å².